The fourth-order valence-corrected chi connectivity index (χ4v) is 2.47. The van der Waals surface area contributed by atoms with Crippen molar-refractivity contribution in [2.75, 3.05) is 13.6 Å². The Hall–Kier alpha value is -1.35. The molecule has 0 fully saturated rings. The van der Waals surface area contributed by atoms with Gasteiger partial charge in [-0.2, -0.15) is 0 Å². The van der Waals surface area contributed by atoms with Gasteiger partial charge >= 0.3 is 5.97 Å². The van der Waals surface area contributed by atoms with Gasteiger partial charge in [0.05, 0.1) is 0 Å². The average molecular weight is 235 g/mol. The van der Waals surface area contributed by atoms with Gasteiger partial charge in [-0.3, -0.25) is 4.90 Å². The summed E-state index contributed by atoms with van der Waals surface area (Å²) in [6.07, 6.45) is 0. The first-order valence-corrected chi connectivity index (χ1v) is 5.98. The second-order valence-corrected chi connectivity index (χ2v) is 4.61. The highest BCUT2D eigenvalue weighted by molar-refractivity contribution is 5.81. The molecule has 1 aromatic carbocycles. The van der Waals surface area contributed by atoms with Crippen LogP contribution in [0.2, 0.25) is 0 Å². The molecule has 0 spiro atoms. The maximum atomic E-state index is 11.8. The molecule has 0 aliphatic heterocycles. The third kappa shape index (κ3) is 2.20. The fraction of sp³-hybridized carbons (Fsp3) is 0.500. The van der Waals surface area contributed by atoms with E-state index in [-0.39, 0.29) is 5.92 Å². The molecule has 17 heavy (non-hydrogen) atoms. The third-order valence-corrected chi connectivity index (χ3v) is 3.45. The molecule has 0 saturated heterocycles. The average Bonchev–Trinajstić information content (AvgIpc) is 2.30. The van der Waals surface area contributed by atoms with Crippen LogP contribution in [0.1, 0.15) is 26.3 Å². The van der Waals surface area contributed by atoms with E-state index in [4.69, 9.17) is 0 Å². The van der Waals surface area contributed by atoms with Crippen molar-refractivity contribution < 1.29 is 9.90 Å². The summed E-state index contributed by atoms with van der Waals surface area (Å²) in [6, 6.07) is 9.46. The lowest BCUT2D eigenvalue weighted by molar-refractivity contribution is -0.155. The van der Waals surface area contributed by atoms with Crippen LogP contribution >= 0.6 is 0 Å². The Balaban J connectivity index is 3.41. The smallest absolute Gasteiger partial charge is 0.329 e. The SMILES string of the molecule is CCN(C)C(C(=O)O)(c1ccccc1)C(C)C. The van der Waals surface area contributed by atoms with Crippen LogP contribution in [0.15, 0.2) is 30.3 Å². The van der Waals surface area contributed by atoms with E-state index in [0.717, 1.165) is 5.56 Å². The summed E-state index contributed by atoms with van der Waals surface area (Å²) in [5.41, 5.74) is -0.109. The van der Waals surface area contributed by atoms with Gasteiger partial charge in [0.1, 0.15) is 5.54 Å². The number of hydrogen-bond donors (Lipinski definition) is 1. The molecule has 1 aromatic rings. The maximum absolute atomic E-state index is 11.8. The molecule has 1 unspecified atom stereocenters. The Morgan fingerprint density at radius 3 is 2.24 bits per heavy atom. The number of carboxylic acids is 1. The zero-order valence-electron chi connectivity index (χ0n) is 11.0. The fourth-order valence-electron chi connectivity index (χ4n) is 2.47. The molecule has 0 radical (unpaired) electrons. The molecular formula is C14H21NO2. The normalized spacial score (nSPS) is 14.9. The van der Waals surface area contributed by atoms with Crippen LogP contribution in [0.3, 0.4) is 0 Å². The van der Waals surface area contributed by atoms with E-state index in [9.17, 15) is 9.90 Å². The van der Waals surface area contributed by atoms with E-state index in [1.54, 1.807) is 0 Å². The van der Waals surface area contributed by atoms with Crippen LogP contribution in [-0.2, 0) is 10.3 Å². The Morgan fingerprint density at radius 1 is 1.35 bits per heavy atom. The minimum atomic E-state index is -0.948. The van der Waals surface area contributed by atoms with E-state index in [1.807, 2.05) is 63.1 Å². The van der Waals surface area contributed by atoms with Crippen molar-refractivity contribution in [1.29, 1.82) is 0 Å². The Bertz CT molecular complexity index is 375. The van der Waals surface area contributed by atoms with Gasteiger partial charge in [0.2, 0.25) is 0 Å². The minimum absolute atomic E-state index is 0.00708. The molecule has 0 aromatic heterocycles. The van der Waals surface area contributed by atoms with Crippen molar-refractivity contribution in [2.45, 2.75) is 26.3 Å². The number of likely N-dealkylation sites (N-methyl/N-ethyl adjacent to an activating group) is 1. The van der Waals surface area contributed by atoms with Crippen molar-refractivity contribution >= 4 is 5.97 Å². The third-order valence-electron chi connectivity index (χ3n) is 3.45. The van der Waals surface area contributed by atoms with E-state index in [2.05, 4.69) is 0 Å². The number of benzene rings is 1. The van der Waals surface area contributed by atoms with E-state index in [0.29, 0.717) is 6.54 Å². The lowest BCUT2D eigenvalue weighted by Crippen LogP contribution is -2.53. The molecule has 1 rings (SSSR count). The number of carbonyl (C=O) groups is 1. The van der Waals surface area contributed by atoms with Gasteiger partial charge in [0.25, 0.3) is 0 Å². The van der Waals surface area contributed by atoms with Crippen molar-refractivity contribution in [3.63, 3.8) is 0 Å². The van der Waals surface area contributed by atoms with Crippen LogP contribution in [-0.4, -0.2) is 29.6 Å². The van der Waals surface area contributed by atoms with Crippen molar-refractivity contribution in [3.05, 3.63) is 35.9 Å². The summed E-state index contributed by atoms with van der Waals surface area (Å²) in [5.74, 6) is -0.796. The molecule has 0 aliphatic carbocycles. The summed E-state index contributed by atoms with van der Waals surface area (Å²) in [4.78, 5) is 13.7. The zero-order valence-corrected chi connectivity index (χ0v) is 11.0. The van der Waals surface area contributed by atoms with Crippen LogP contribution < -0.4 is 0 Å². The van der Waals surface area contributed by atoms with Gasteiger partial charge in [-0.05, 0) is 25.1 Å². The number of rotatable bonds is 5. The van der Waals surface area contributed by atoms with Crippen LogP contribution in [0.5, 0.6) is 0 Å². The Morgan fingerprint density at radius 2 is 1.88 bits per heavy atom. The van der Waals surface area contributed by atoms with Gasteiger partial charge in [0.15, 0.2) is 0 Å². The number of hydrogen-bond acceptors (Lipinski definition) is 2. The van der Waals surface area contributed by atoms with Crippen LogP contribution in [0.4, 0.5) is 0 Å². The molecule has 3 nitrogen and oxygen atoms in total. The van der Waals surface area contributed by atoms with Gasteiger partial charge in [-0.25, -0.2) is 4.79 Å². The standard InChI is InChI=1S/C14H21NO2/c1-5-15(4)14(11(2)3,13(16)17)12-9-7-6-8-10-12/h6-11H,5H2,1-4H3,(H,16,17). The zero-order chi connectivity index (χ0) is 13.1. The lowest BCUT2D eigenvalue weighted by Gasteiger charge is -2.41. The second-order valence-electron chi connectivity index (χ2n) is 4.61. The first kappa shape index (κ1) is 13.7. The van der Waals surface area contributed by atoms with E-state index >= 15 is 0 Å². The summed E-state index contributed by atoms with van der Waals surface area (Å²) in [5, 5.41) is 9.71. The van der Waals surface area contributed by atoms with Gasteiger partial charge < -0.3 is 5.11 Å². The maximum Gasteiger partial charge on any atom is 0.329 e. The largest absolute Gasteiger partial charge is 0.480 e. The Kier molecular flexibility index (Phi) is 4.29. The Labute approximate surface area is 103 Å². The van der Waals surface area contributed by atoms with E-state index in [1.165, 1.54) is 0 Å². The van der Waals surface area contributed by atoms with Crippen molar-refractivity contribution in [1.82, 2.24) is 4.90 Å². The summed E-state index contributed by atoms with van der Waals surface area (Å²) < 4.78 is 0. The lowest BCUT2D eigenvalue weighted by atomic mass is 9.78. The quantitative estimate of drug-likeness (QED) is 0.852. The highest BCUT2D eigenvalue weighted by Crippen LogP contribution is 2.35. The minimum Gasteiger partial charge on any atom is -0.480 e. The topological polar surface area (TPSA) is 40.5 Å². The molecule has 0 heterocycles. The van der Waals surface area contributed by atoms with Gasteiger partial charge in [-0.1, -0.05) is 51.1 Å². The molecular weight excluding hydrogens is 214 g/mol. The van der Waals surface area contributed by atoms with Gasteiger partial charge in [-0.15, -0.1) is 0 Å². The van der Waals surface area contributed by atoms with Gasteiger partial charge in [0, 0.05) is 0 Å². The highest BCUT2D eigenvalue weighted by atomic mass is 16.4. The number of nitrogens with zero attached hydrogens (tertiary/aromatic N) is 1. The molecule has 0 saturated carbocycles. The van der Waals surface area contributed by atoms with Crippen LogP contribution in [0.25, 0.3) is 0 Å². The summed E-state index contributed by atoms with van der Waals surface area (Å²) in [7, 11) is 1.86. The van der Waals surface area contributed by atoms with E-state index < -0.39 is 11.5 Å². The predicted octanol–water partition coefficient (Wildman–Crippen LogP) is 2.57. The molecule has 0 bridgehead atoms. The highest BCUT2D eigenvalue weighted by Gasteiger charge is 2.46. The first-order chi connectivity index (χ1) is 7.97. The van der Waals surface area contributed by atoms with Crippen LogP contribution in [0, 0.1) is 5.92 Å². The molecule has 0 amide bonds. The molecule has 1 N–H and O–H groups in total. The predicted molar refractivity (Wildman–Crippen MR) is 68.9 cm³/mol. The first-order valence-electron chi connectivity index (χ1n) is 5.98. The summed E-state index contributed by atoms with van der Waals surface area (Å²) in [6.45, 7) is 6.57. The monoisotopic (exact) mass is 235 g/mol. The molecule has 1 atom stereocenters. The molecule has 94 valence electrons. The number of carboxylic acid groups (broad SMARTS) is 1. The van der Waals surface area contributed by atoms with Crippen molar-refractivity contribution in [2.24, 2.45) is 5.92 Å². The molecule has 0 aliphatic rings. The number of aliphatic carboxylic acids is 1. The molecule has 3 heteroatoms. The summed E-state index contributed by atoms with van der Waals surface area (Å²) >= 11 is 0. The second kappa shape index (κ2) is 5.32. The van der Waals surface area contributed by atoms with Crippen molar-refractivity contribution in [3.8, 4) is 0 Å².